The van der Waals surface area contributed by atoms with Crippen molar-refractivity contribution in [1.82, 2.24) is 14.8 Å². The van der Waals surface area contributed by atoms with E-state index < -0.39 is 24.2 Å². The van der Waals surface area contributed by atoms with E-state index in [4.69, 9.17) is 4.74 Å². The van der Waals surface area contributed by atoms with Gasteiger partial charge in [-0.25, -0.2) is 9.07 Å². The molecule has 2 aromatic heterocycles. The van der Waals surface area contributed by atoms with E-state index in [2.05, 4.69) is 10.1 Å². The maximum absolute atomic E-state index is 14.4. The molecule has 5 nitrogen and oxygen atoms in total. The molecular weight excluding hydrogens is 462 g/mol. The first-order valence-electron chi connectivity index (χ1n) is 11.1. The van der Waals surface area contributed by atoms with E-state index in [9.17, 15) is 22.4 Å². The fourth-order valence-corrected chi connectivity index (χ4v) is 4.71. The molecule has 35 heavy (non-hydrogen) atoms. The molecule has 0 radical (unpaired) electrons. The van der Waals surface area contributed by atoms with Crippen LogP contribution in [0.3, 0.4) is 0 Å². The highest BCUT2D eigenvalue weighted by molar-refractivity contribution is 5.95. The lowest BCUT2D eigenvalue weighted by Gasteiger charge is -2.13. The van der Waals surface area contributed by atoms with Gasteiger partial charge in [0, 0.05) is 25.1 Å². The molecule has 180 valence electrons. The van der Waals surface area contributed by atoms with Gasteiger partial charge in [-0.15, -0.1) is 0 Å². The van der Waals surface area contributed by atoms with Crippen LogP contribution in [0.25, 0.3) is 22.3 Å². The summed E-state index contributed by atoms with van der Waals surface area (Å²) in [4.78, 5) is 16.8. The highest BCUT2D eigenvalue weighted by Crippen LogP contribution is 2.41. The summed E-state index contributed by atoms with van der Waals surface area (Å²) in [5, 5.41) is 3.79. The topological polar surface area (TPSA) is 57.0 Å². The number of aromatic nitrogens is 3. The van der Waals surface area contributed by atoms with Crippen molar-refractivity contribution in [3.05, 3.63) is 77.1 Å². The molecule has 0 spiro atoms. The molecule has 2 aromatic carbocycles. The van der Waals surface area contributed by atoms with Gasteiger partial charge in [0.1, 0.15) is 18.1 Å². The number of benzene rings is 2. The number of nitrogens with zero attached hydrogens (tertiary/aromatic N) is 3. The van der Waals surface area contributed by atoms with Crippen LogP contribution in [0.5, 0.6) is 5.88 Å². The summed E-state index contributed by atoms with van der Waals surface area (Å²) in [6.07, 6.45) is -2.79. The lowest BCUT2D eigenvalue weighted by Crippen LogP contribution is -2.15. The number of ether oxygens (including phenoxy) is 1. The predicted molar refractivity (Wildman–Crippen MR) is 122 cm³/mol. The summed E-state index contributed by atoms with van der Waals surface area (Å²) in [5.74, 6) is -1.18. The van der Waals surface area contributed by atoms with Crippen molar-refractivity contribution in [2.45, 2.75) is 31.4 Å². The first-order valence-corrected chi connectivity index (χ1v) is 11.1. The van der Waals surface area contributed by atoms with Crippen LogP contribution in [0, 0.1) is 5.82 Å². The summed E-state index contributed by atoms with van der Waals surface area (Å²) in [5.41, 5.74) is 0.950. The molecule has 0 aliphatic heterocycles. The van der Waals surface area contributed by atoms with Gasteiger partial charge in [-0.2, -0.15) is 23.3 Å². The zero-order chi connectivity index (χ0) is 24.7. The molecule has 1 aliphatic rings. The average Bonchev–Trinajstić information content (AvgIpc) is 3.38. The van der Waals surface area contributed by atoms with Crippen molar-refractivity contribution >= 4 is 16.8 Å². The summed E-state index contributed by atoms with van der Waals surface area (Å²) in [6, 6.07) is 14.2. The minimum atomic E-state index is -4.78. The third-order valence-electron chi connectivity index (χ3n) is 6.32. The second-order valence-electron chi connectivity index (χ2n) is 8.62. The van der Waals surface area contributed by atoms with Crippen molar-refractivity contribution < 1.29 is 27.1 Å². The minimum Gasteiger partial charge on any atom is -0.470 e. The molecule has 0 N–H and O–H groups in total. The van der Waals surface area contributed by atoms with Crippen molar-refractivity contribution in [1.29, 1.82) is 0 Å². The van der Waals surface area contributed by atoms with Gasteiger partial charge in [0.15, 0.2) is 11.4 Å². The number of carbonyl (C=O) groups excluding carboxylic acids is 1. The number of hydrogen-bond acceptors (Lipinski definition) is 4. The van der Waals surface area contributed by atoms with Gasteiger partial charge in [-0.3, -0.25) is 4.79 Å². The van der Waals surface area contributed by atoms with Crippen LogP contribution in [0.1, 0.15) is 35.4 Å². The first-order chi connectivity index (χ1) is 16.7. The maximum atomic E-state index is 14.4. The summed E-state index contributed by atoms with van der Waals surface area (Å²) in [6.45, 7) is -0.396. The predicted octanol–water partition coefficient (Wildman–Crippen LogP) is 5.86. The van der Waals surface area contributed by atoms with Crippen LogP contribution in [0.2, 0.25) is 0 Å². The molecule has 1 aliphatic carbocycles. The van der Waals surface area contributed by atoms with Crippen molar-refractivity contribution in [3.63, 3.8) is 0 Å². The third-order valence-corrected chi connectivity index (χ3v) is 6.32. The highest BCUT2D eigenvalue weighted by atomic mass is 19.4. The van der Waals surface area contributed by atoms with Crippen molar-refractivity contribution in [2.75, 3.05) is 6.61 Å². The Bertz CT molecular complexity index is 1430. The number of hydrogen-bond donors (Lipinski definition) is 0. The molecule has 0 fully saturated rings. The Morgan fingerprint density at radius 3 is 2.66 bits per heavy atom. The number of ketones is 1. The molecule has 0 saturated heterocycles. The summed E-state index contributed by atoms with van der Waals surface area (Å²) < 4.78 is 63.1. The maximum Gasteiger partial charge on any atom is 0.417 e. The summed E-state index contributed by atoms with van der Waals surface area (Å²) >= 11 is 0. The lowest BCUT2D eigenvalue weighted by molar-refractivity contribution is -0.136. The number of aryl methyl sites for hydroxylation is 2. The van der Waals surface area contributed by atoms with E-state index in [1.54, 1.807) is 0 Å². The first kappa shape index (κ1) is 23.0. The number of fused-ring (bicyclic) bond motifs is 2. The molecule has 0 unspecified atom stereocenters. The number of Topliss-reactive ketones (excluding diaryl/α,β-unsaturated/α-hetero) is 1. The standard InChI is InChI=1S/C26H21F4N3O2/c1-33-25-23(24(32-33)19-8-4-5-9-21(19)27)20(26(28,29)30)13-22(31-25)35-14-17(34)12-16-11-10-15-6-2-3-7-18(15)16/h2-9,13,16H,10-12,14H2,1H3/t16-/m1/s1. The molecule has 1 atom stereocenters. The van der Waals surface area contributed by atoms with E-state index in [-0.39, 0.29) is 46.3 Å². The Morgan fingerprint density at radius 1 is 1.14 bits per heavy atom. The van der Waals surface area contributed by atoms with E-state index in [0.29, 0.717) is 0 Å². The number of carbonyl (C=O) groups is 1. The molecule has 0 amide bonds. The van der Waals surface area contributed by atoms with Gasteiger partial charge < -0.3 is 4.74 Å². The van der Waals surface area contributed by atoms with E-state index in [1.807, 2.05) is 24.3 Å². The Morgan fingerprint density at radius 2 is 1.89 bits per heavy atom. The second kappa shape index (κ2) is 8.79. The molecule has 2 heterocycles. The Kier molecular flexibility index (Phi) is 5.78. The largest absolute Gasteiger partial charge is 0.470 e. The van der Waals surface area contributed by atoms with Crippen LogP contribution in [0.15, 0.2) is 54.6 Å². The Balaban J connectivity index is 1.43. The van der Waals surface area contributed by atoms with Crippen LogP contribution in [0.4, 0.5) is 17.6 Å². The van der Waals surface area contributed by atoms with Crippen molar-refractivity contribution in [2.24, 2.45) is 7.05 Å². The van der Waals surface area contributed by atoms with Crippen LogP contribution in [-0.2, 0) is 24.4 Å². The monoisotopic (exact) mass is 483 g/mol. The quantitative estimate of drug-likeness (QED) is 0.322. The van der Waals surface area contributed by atoms with Crippen LogP contribution < -0.4 is 4.74 Å². The highest BCUT2D eigenvalue weighted by Gasteiger charge is 2.37. The zero-order valence-corrected chi connectivity index (χ0v) is 18.8. The second-order valence-corrected chi connectivity index (χ2v) is 8.62. The van der Waals surface area contributed by atoms with Gasteiger partial charge in [0.25, 0.3) is 0 Å². The van der Waals surface area contributed by atoms with Crippen molar-refractivity contribution in [3.8, 4) is 17.1 Å². The number of alkyl halides is 3. The molecule has 0 bridgehead atoms. The van der Waals surface area contributed by atoms with Gasteiger partial charge in [-0.1, -0.05) is 36.4 Å². The molecule has 9 heteroatoms. The molecular formula is C26H21F4N3O2. The van der Waals surface area contributed by atoms with Gasteiger partial charge >= 0.3 is 6.18 Å². The van der Waals surface area contributed by atoms with E-state index in [1.165, 1.54) is 30.8 Å². The molecule has 0 saturated carbocycles. The smallest absolute Gasteiger partial charge is 0.417 e. The third kappa shape index (κ3) is 4.38. The normalized spacial score (nSPS) is 15.4. The average molecular weight is 483 g/mol. The minimum absolute atomic E-state index is 0.0638. The Hall–Kier alpha value is -3.75. The Labute approximate surface area is 198 Å². The van der Waals surface area contributed by atoms with Gasteiger partial charge in [0.05, 0.1) is 10.9 Å². The fraction of sp³-hybridized carbons (Fsp3) is 0.269. The lowest BCUT2D eigenvalue weighted by atomic mass is 9.96. The van der Waals surface area contributed by atoms with Crippen LogP contribution in [-0.4, -0.2) is 27.2 Å². The molecule has 5 rings (SSSR count). The van der Waals surface area contributed by atoms with E-state index in [0.717, 1.165) is 35.2 Å². The van der Waals surface area contributed by atoms with E-state index >= 15 is 0 Å². The number of rotatable bonds is 6. The zero-order valence-electron chi connectivity index (χ0n) is 18.8. The van der Waals surface area contributed by atoms with Crippen LogP contribution >= 0.6 is 0 Å². The van der Waals surface area contributed by atoms with Gasteiger partial charge in [0.2, 0.25) is 5.88 Å². The fourth-order valence-electron chi connectivity index (χ4n) is 4.71. The number of halogens is 4. The molecule has 4 aromatic rings. The number of pyridine rings is 1. The SMILES string of the molecule is Cn1nc(-c2ccccc2F)c2c(C(F)(F)F)cc(OCC(=O)C[C@H]3CCc4ccccc43)nc21. The van der Waals surface area contributed by atoms with Gasteiger partial charge in [-0.05, 0) is 42.0 Å². The summed E-state index contributed by atoms with van der Waals surface area (Å²) in [7, 11) is 1.42.